The van der Waals surface area contributed by atoms with Gasteiger partial charge in [-0.3, -0.25) is 4.79 Å². The van der Waals surface area contributed by atoms with Gasteiger partial charge in [-0.05, 0) is 12.5 Å². The molecule has 0 bridgehead atoms. The third kappa shape index (κ3) is 1.14. The van der Waals surface area contributed by atoms with Crippen LogP contribution in [0.25, 0.3) is 0 Å². The summed E-state index contributed by atoms with van der Waals surface area (Å²) in [6, 6.07) is 1.98. The summed E-state index contributed by atoms with van der Waals surface area (Å²) < 4.78 is 1.46. The van der Waals surface area contributed by atoms with Crippen molar-refractivity contribution in [3.63, 3.8) is 0 Å². The molecular weight excluding hydrogens is 226 g/mol. The summed E-state index contributed by atoms with van der Waals surface area (Å²) in [6.45, 7) is 0. The lowest BCUT2D eigenvalue weighted by Gasteiger charge is -1.97. The number of fused-ring (bicyclic) bond motifs is 1. The number of thioether (sulfide) groups is 1. The molecule has 2 rings (SSSR count). The minimum Gasteiger partial charge on any atom is -0.268 e. The molecule has 11 heavy (non-hydrogen) atoms. The number of pyridine rings is 1. The van der Waals surface area contributed by atoms with Gasteiger partial charge in [-0.25, -0.2) is 3.59 Å². The average Bonchev–Trinajstić information content (AvgIpc) is 2.45. The quantitative estimate of drug-likeness (QED) is 0.678. The van der Waals surface area contributed by atoms with Crippen molar-refractivity contribution in [2.45, 2.75) is 11.3 Å². The highest BCUT2D eigenvalue weighted by Gasteiger charge is 2.15. The lowest BCUT2D eigenvalue weighted by Crippen LogP contribution is -2.15. The van der Waals surface area contributed by atoms with Gasteiger partial charge in [0.25, 0.3) is 5.56 Å². The number of hydrogen-bond acceptors (Lipinski definition) is 2. The molecule has 0 spiro atoms. The lowest BCUT2D eigenvalue weighted by molar-refractivity contribution is 1.02. The summed E-state index contributed by atoms with van der Waals surface area (Å²) >= 11 is 4.90. The van der Waals surface area contributed by atoms with E-state index in [1.165, 1.54) is 3.59 Å². The molecule has 0 amide bonds. The molecular formula is C7H6BrNOS. The molecule has 1 aliphatic heterocycles. The summed E-state index contributed by atoms with van der Waals surface area (Å²) in [7, 11) is 0. The first-order valence-electron chi connectivity index (χ1n) is 3.32. The van der Waals surface area contributed by atoms with Crippen molar-refractivity contribution >= 4 is 27.9 Å². The first kappa shape index (κ1) is 7.43. The lowest BCUT2D eigenvalue weighted by atomic mass is 10.2. The minimum atomic E-state index is 0.0903. The highest BCUT2D eigenvalue weighted by atomic mass is 79.9. The van der Waals surface area contributed by atoms with Crippen molar-refractivity contribution in [1.29, 1.82) is 0 Å². The molecule has 2 heterocycles. The maximum atomic E-state index is 11.4. The molecule has 58 valence electrons. The van der Waals surface area contributed by atoms with Crippen LogP contribution in [0.15, 0.2) is 22.0 Å². The van der Waals surface area contributed by atoms with Crippen LogP contribution >= 0.6 is 27.9 Å². The summed E-state index contributed by atoms with van der Waals surface area (Å²) in [4.78, 5) is 12.5. The van der Waals surface area contributed by atoms with Gasteiger partial charge >= 0.3 is 0 Å². The predicted octanol–water partition coefficient (Wildman–Crippen LogP) is 1.65. The zero-order valence-electron chi connectivity index (χ0n) is 5.71. The van der Waals surface area contributed by atoms with Gasteiger partial charge in [0.05, 0.1) is 16.1 Å². The summed E-state index contributed by atoms with van der Waals surface area (Å²) in [5, 5.41) is 0. The molecule has 0 aliphatic carbocycles. The number of halogens is 1. The van der Waals surface area contributed by atoms with Crippen molar-refractivity contribution in [3.8, 4) is 0 Å². The topological polar surface area (TPSA) is 22.0 Å². The van der Waals surface area contributed by atoms with Crippen LogP contribution in [-0.2, 0) is 6.42 Å². The second-order valence-electron chi connectivity index (χ2n) is 2.37. The molecule has 0 unspecified atom stereocenters. The van der Waals surface area contributed by atoms with Crippen molar-refractivity contribution < 1.29 is 0 Å². The Hall–Kier alpha value is -0.220. The summed E-state index contributed by atoms with van der Waals surface area (Å²) in [6.07, 6.45) is 2.66. The fourth-order valence-electron chi connectivity index (χ4n) is 1.16. The third-order valence-electron chi connectivity index (χ3n) is 1.72. The fraction of sp³-hybridized carbons (Fsp3) is 0.286. The van der Waals surface area contributed by atoms with Gasteiger partial charge in [-0.2, -0.15) is 0 Å². The van der Waals surface area contributed by atoms with Crippen LogP contribution in [0.5, 0.6) is 0 Å². The van der Waals surface area contributed by atoms with E-state index in [9.17, 15) is 4.79 Å². The zero-order chi connectivity index (χ0) is 7.84. The molecule has 4 heteroatoms. The Bertz CT molecular complexity index is 347. The molecule has 0 aromatic carbocycles. The van der Waals surface area contributed by atoms with Crippen LogP contribution in [0.2, 0.25) is 0 Å². The van der Waals surface area contributed by atoms with Crippen LogP contribution in [0.1, 0.15) is 5.56 Å². The first-order valence-corrected chi connectivity index (χ1v) is 5.02. The van der Waals surface area contributed by atoms with Crippen molar-refractivity contribution in [2.75, 3.05) is 5.75 Å². The van der Waals surface area contributed by atoms with Gasteiger partial charge in [-0.1, -0.05) is 0 Å². The van der Waals surface area contributed by atoms with Crippen LogP contribution in [0.4, 0.5) is 0 Å². The van der Waals surface area contributed by atoms with Gasteiger partial charge in [0.1, 0.15) is 0 Å². The first-order chi connectivity index (χ1) is 5.29. The van der Waals surface area contributed by atoms with Gasteiger partial charge in [0.2, 0.25) is 0 Å². The van der Waals surface area contributed by atoms with Crippen molar-refractivity contribution in [2.24, 2.45) is 0 Å². The van der Waals surface area contributed by atoms with E-state index in [1.54, 1.807) is 18.0 Å². The Morgan fingerprint density at radius 2 is 2.45 bits per heavy atom. The van der Waals surface area contributed by atoms with Gasteiger partial charge < -0.3 is 0 Å². The van der Waals surface area contributed by atoms with Crippen molar-refractivity contribution in [1.82, 2.24) is 3.59 Å². The Balaban J connectivity index is 2.72. The Labute approximate surface area is 76.9 Å². The third-order valence-corrected chi connectivity index (χ3v) is 3.38. The SMILES string of the molecule is O=c1c2c(ccn1Br)SCC2. The molecule has 0 radical (unpaired) electrons. The Morgan fingerprint density at radius 3 is 3.27 bits per heavy atom. The van der Waals surface area contributed by atoms with Crippen LogP contribution in [0.3, 0.4) is 0 Å². The fourth-order valence-corrected chi connectivity index (χ4v) is 2.54. The number of aromatic nitrogens is 1. The molecule has 1 aromatic heterocycles. The largest absolute Gasteiger partial charge is 0.268 e. The van der Waals surface area contributed by atoms with E-state index in [4.69, 9.17) is 0 Å². The molecule has 0 atom stereocenters. The molecule has 1 aliphatic rings. The van der Waals surface area contributed by atoms with E-state index >= 15 is 0 Å². The van der Waals surface area contributed by atoms with Crippen LogP contribution in [-0.4, -0.2) is 9.35 Å². The van der Waals surface area contributed by atoms with E-state index in [0.717, 1.165) is 22.6 Å². The highest BCUT2D eigenvalue weighted by molar-refractivity contribution is 9.08. The van der Waals surface area contributed by atoms with Crippen LogP contribution in [0, 0.1) is 0 Å². The second kappa shape index (κ2) is 2.68. The van der Waals surface area contributed by atoms with E-state index in [2.05, 4.69) is 16.1 Å². The molecule has 0 fully saturated rings. The average molecular weight is 232 g/mol. The highest BCUT2D eigenvalue weighted by Crippen LogP contribution is 2.28. The Kier molecular flexibility index (Phi) is 1.81. The summed E-state index contributed by atoms with van der Waals surface area (Å²) in [5.41, 5.74) is 1.04. The van der Waals surface area contributed by atoms with Crippen LogP contribution < -0.4 is 5.56 Å². The Morgan fingerprint density at radius 1 is 1.64 bits per heavy atom. The zero-order valence-corrected chi connectivity index (χ0v) is 8.11. The van der Waals surface area contributed by atoms with Gasteiger partial charge in [0, 0.05) is 22.4 Å². The maximum absolute atomic E-state index is 11.4. The van der Waals surface area contributed by atoms with Gasteiger partial charge in [0.15, 0.2) is 0 Å². The molecule has 1 aromatic rings. The van der Waals surface area contributed by atoms with Crippen molar-refractivity contribution in [3.05, 3.63) is 28.2 Å². The van der Waals surface area contributed by atoms with E-state index in [1.807, 2.05) is 6.07 Å². The van der Waals surface area contributed by atoms with E-state index in [0.29, 0.717) is 0 Å². The number of rotatable bonds is 0. The number of nitrogens with zero attached hydrogens (tertiary/aromatic N) is 1. The predicted molar refractivity (Wildman–Crippen MR) is 49.5 cm³/mol. The maximum Gasteiger partial charge on any atom is 0.264 e. The van der Waals surface area contributed by atoms with E-state index in [-0.39, 0.29) is 5.56 Å². The van der Waals surface area contributed by atoms with Gasteiger partial charge in [-0.15, -0.1) is 11.8 Å². The molecule has 0 N–H and O–H groups in total. The standard InChI is InChI=1S/C7H6BrNOS/c8-9-3-1-6-5(7(9)10)2-4-11-6/h1,3H,2,4H2. The van der Waals surface area contributed by atoms with E-state index < -0.39 is 0 Å². The molecule has 2 nitrogen and oxygen atoms in total. The number of hydrogen-bond donors (Lipinski definition) is 0. The molecule has 0 saturated heterocycles. The smallest absolute Gasteiger partial charge is 0.264 e. The molecule has 0 saturated carbocycles. The monoisotopic (exact) mass is 231 g/mol. The normalized spacial score (nSPS) is 15.0. The summed E-state index contributed by atoms with van der Waals surface area (Å²) in [5.74, 6) is 1.04. The second-order valence-corrected chi connectivity index (χ2v) is 4.27. The minimum absolute atomic E-state index is 0.0903.